The maximum atomic E-state index is 12.5. The molecule has 8 N–H and O–H groups in total. The number of hydrogen-bond acceptors (Lipinski definition) is 6. The third-order valence-corrected chi connectivity index (χ3v) is 4.60. The highest BCUT2D eigenvalue weighted by Crippen LogP contribution is 2.25. The fraction of sp³-hybridized carbons (Fsp3) is 0. The molecule has 0 aliphatic carbocycles. The van der Waals surface area contributed by atoms with Gasteiger partial charge in [-0.25, -0.2) is 0 Å². The van der Waals surface area contributed by atoms with Gasteiger partial charge in [0.05, 0.1) is 5.70 Å². The van der Waals surface area contributed by atoms with Crippen LogP contribution in [0.4, 0.5) is 11.4 Å². The van der Waals surface area contributed by atoms with E-state index < -0.39 is 0 Å². The molecule has 8 nitrogen and oxygen atoms in total. The summed E-state index contributed by atoms with van der Waals surface area (Å²) < 4.78 is 0. The topological polar surface area (TPSA) is 131 Å². The average Bonchev–Trinajstić information content (AvgIpc) is 3.19. The van der Waals surface area contributed by atoms with Gasteiger partial charge in [0, 0.05) is 52.7 Å². The Morgan fingerprint density at radius 1 is 1.07 bits per heavy atom. The quantitative estimate of drug-likeness (QED) is 0.320. The van der Waals surface area contributed by atoms with Crippen LogP contribution in [-0.4, -0.2) is 17.1 Å². The average molecular weight is 399 g/mol. The van der Waals surface area contributed by atoms with Gasteiger partial charge in [-0.3, -0.25) is 4.79 Å². The molecule has 4 rings (SSSR count). The number of amides is 1. The smallest absolute Gasteiger partial charge is 0.272 e. The number of hydrazine groups is 1. The van der Waals surface area contributed by atoms with E-state index in [1.807, 2.05) is 48.5 Å². The first-order valence-corrected chi connectivity index (χ1v) is 9.28. The number of nitrogens with two attached hydrogens (primary N) is 1. The van der Waals surface area contributed by atoms with Gasteiger partial charge in [-0.1, -0.05) is 18.2 Å². The molecule has 3 aromatic rings. The van der Waals surface area contributed by atoms with E-state index in [1.54, 1.807) is 18.5 Å². The molecule has 1 amide bonds. The number of benzene rings is 2. The number of nitrogens with one attached hydrogen (secondary N) is 6. The highest BCUT2D eigenvalue weighted by molar-refractivity contribution is 6.08. The first kappa shape index (κ1) is 18.9. The molecule has 150 valence electrons. The van der Waals surface area contributed by atoms with Crippen LogP contribution in [0.2, 0.25) is 0 Å². The number of anilines is 2. The second kappa shape index (κ2) is 8.27. The molecule has 2 aromatic carbocycles. The first-order valence-electron chi connectivity index (χ1n) is 9.28. The summed E-state index contributed by atoms with van der Waals surface area (Å²) in [4.78, 5) is 15.7. The number of fused-ring (bicyclic) bond motifs is 1. The van der Waals surface area contributed by atoms with E-state index in [2.05, 4.69) is 26.5 Å². The third kappa shape index (κ3) is 4.02. The Labute approximate surface area is 173 Å². The van der Waals surface area contributed by atoms with Crippen LogP contribution in [0, 0.1) is 5.41 Å². The largest absolute Gasteiger partial charge is 0.404 e. The number of H-pyrrole nitrogens is 1. The Hall–Kier alpha value is -4.46. The molecular weight excluding hydrogens is 378 g/mol. The van der Waals surface area contributed by atoms with E-state index in [4.69, 9.17) is 11.1 Å². The molecule has 0 bridgehead atoms. The Balaban J connectivity index is 1.53. The monoisotopic (exact) mass is 399 g/mol. The Kier molecular flexibility index (Phi) is 5.21. The van der Waals surface area contributed by atoms with Gasteiger partial charge in [0.15, 0.2) is 0 Å². The maximum Gasteiger partial charge on any atom is 0.272 e. The van der Waals surface area contributed by atoms with Crippen LogP contribution in [0.25, 0.3) is 16.5 Å². The van der Waals surface area contributed by atoms with E-state index in [0.29, 0.717) is 17.0 Å². The first-order chi connectivity index (χ1) is 14.7. The predicted octanol–water partition coefficient (Wildman–Crippen LogP) is 3.05. The molecule has 0 atom stereocenters. The molecule has 0 saturated heterocycles. The Morgan fingerprint density at radius 2 is 1.93 bits per heavy atom. The summed E-state index contributed by atoms with van der Waals surface area (Å²) in [5.74, 6) is -0.222. The van der Waals surface area contributed by atoms with Crippen molar-refractivity contribution in [2.75, 3.05) is 5.32 Å². The molecule has 2 heterocycles. The number of allylic oxidation sites excluding steroid dienone is 2. The SMILES string of the molecule is N=CC(=CN)c1cccc(Nc2ccc3cc(C(=O)NC4=CNNC=C4)[nH]c3c2)c1. The highest BCUT2D eigenvalue weighted by atomic mass is 16.1. The normalized spacial score (nSPS) is 13.2. The molecule has 0 radical (unpaired) electrons. The zero-order chi connectivity index (χ0) is 20.9. The van der Waals surface area contributed by atoms with Gasteiger partial charge in [-0.15, -0.1) is 0 Å². The van der Waals surface area contributed by atoms with Gasteiger partial charge in [-0.05, 0) is 42.0 Å². The fourth-order valence-corrected chi connectivity index (χ4v) is 3.12. The molecule has 8 heteroatoms. The van der Waals surface area contributed by atoms with Gasteiger partial charge in [0.1, 0.15) is 5.69 Å². The number of carbonyl (C=O) groups excluding carboxylic acids is 1. The van der Waals surface area contributed by atoms with Crippen molar-refractivity contribution in [3.05, 3.63) is 90.2 Å². The molecule has 1 aliphatic rings. The summed E-state index contributed by atoms with van der Waals surface area (Å²) in [6, 6.07) is 15.3. The second-order valence-electron chi connectivity index (χ2n) is 6.63. The minimum absolute atomic E-state index is 0.222. The summed E-state index contributed by atoms with van der Waals surface area (Å²) in [7, 11) is 0. The molecule has 1 aliphatic heterocycles. The molecule has 0 unspecified atom stereocenters. The second-order valence-corrected chi connectivity index (χ2v) is 6.63. The third-order valence-electron chi connectivity index (χ3n) is 4.60. The van der Waals surface area contributed by atoms with Gasteiger partial charge in [-0.2, -0.15) is 0 Å². The lowest BCUT2D eigenvalue weighted by atomic mass is 10.1. The van der Waals surface area contributed by atoms with Crippen LogP contribution >= 0.6 is 0 Å². The van der Waals surface area contributed by atoms with Crippen molar-refractivity contribution in [1.82, 2.24) is 21.2 Å². The standard InChI is InChI=1S/C22H21N7O/c23-11-16(12-24)14-2-1-3-17(8-14)27-18-5-4-15-9-21(29-20(15)10-18)22(30)28-19-6-7-25-26-13-19/h1-13,23,25-27,29H,24H2,(H,28,30). The summed E-state index contributed by atoms with van der Waals surface area (Å²) in [5, 5.41) is 14.6. The number of aromatic nitrogens is 1. The number of hydrogen-bond donors (Lipinski definition) is 7. The molecular formula is C22H21N7O. The van der Waals surface area contributed by atoms with Crippen LogP contribution in [0.3, 0.4) is 0 Å². The van der Waals surface area contributed by atoms with Gasteiger partial charge < -0.3 is 37.6 Å². The van der Waals surface area contributed by atoms with Crippen molar-refractivity contribution in [2.45, 2.75) is 0 Å². The van der Waals surface area contributed by atoms with Crippen molar-refractivity contribution in [1.29, 1.82) is 5.41 Å². The minimum atomic E-state index is -0.222. The van der Waals surface area contributed by atoms with Crippen LogP contribution in [0.15, 0.2) is 78.9 Å². The number of aromatic amines is 1. The summed E-state index contributed by atoms with van der Waals surface area (Å²) in [5.41, 5.74) is 16.4. The van der Waals surface area contributed by atoms with E-state index in [9.17, 15) is 4.79 Å². The fourth-order valence-electron chi connectivity index (χ4n) is 3.12. The Morgan fingerprint density at radius 3 is 2.70 bits per heavy atom. The Bertz CT molecular complexity index is 1200. The summed E-state index contributed by atoms with van der Waals surface area (Å²) in [6.07, 6.45) is 7.76. The molecule has 0 saturated carbocycles. The van der Waals surface area contributed by atoms with Crippen molar-refractivity contribution < 1.29 is 4.79 Å². The predicted molar refractivity (Wildman–Crippen MR) is 120 cm³/mol. The van der Waals surface area contributed by atoms with Gasteiger partial charge in [0.25, 0.3) is 5.91 Å². The molecule has 1 aromatic heterocycles. The van der Waals surface area contributed by atoms with Crippen LogP contribution in [0.5, 0.6) is 0 Å². The maximum absolute atomic E-state index is 12.5. The lowest BCUT2D eigenvalue weighted by Crippen LogP contribution is -2.30. The zero-order valence-electron chi connectivity index (χ0n) is 16.0. The highest BCUT2D eigenvalue weighted by Gasteiger charge is 2.11. The van der Waals surface area contributed by atoms with Gasteiger partial charge in [0.2, 0.25) is 0 Å². The molecule has 0 fully saturated rings. The van der Waals surface area contributed by atoms with Gasteiger partial charge >= 0.3 is 0 Å². The van der Waals surface area contributed by atoms with E-state index >= 15 is 0 Å². The lowest BCUT2D eigenvalue weighted by Gasteiger charge is -2.10. The van der Waals surface area contributed by atoms with Crippen LogP contribution in [-0.2, 0) is 0 Å². The summed E-state index contributed by atoms with van der Waals surface area (Å²) in [6.45, 7) is 0. The zero-order valence-corrected chi connectivity index (χ0v) is 16.0. The molecule has 30 heavy (non-hydrogen) atoms. The number of rotatable bonds is 6. The lowest BCUT2D eigenvalue weighted by molar-refractivity contribution is 0.0962. The minimum Gasteiger partial charge on any atom is -0.404 e. The van der Waals surface area contributed by atoms with E-state index in [0.717, 1.165) is 27.8 Å². The van der Waals surface area contributed by atoms with Crippen LogP contribution in [0.1, 0.15) is 16.1 Å². The summed E-state index contributed by atoms with van der Waals surface area (Å²) >= 11 is 0. The van der Waals surface area contributed by atoms with Crippen molar-refractivity contribution in [3.63, 3.8) is 0 Å². The van der Waals surface area contributed by atoms with E-state index in [-0.39, 0.29) is 5.91 Å². The van der Waals surface area contributed by atoms with Crippen molar-refractivity contribution in [2.24, 2.45) is 5.73 Å². The van der Waals surface area contributed by atoms with E-state index in [1.165, 1.54) is 12.4 Å². The van der Waals surface area contributed by atoms with Crippen molar-refractivity contribution >= 4 is 40.0 Å². The number of carbonyl (C=O) groups is 1. The molecule has 0 spiro atoms. The van der Waals surface area contributed by atoms with Crippen LogP contribution < -0.4 is 27.2 Å². The van der Waals surface area contributed by atoms with Crippen molar-refractivity contribution in [3.8, 4) is 0 Å².